The summed E-state index contributed by atoms with van der Waals surface area (Å²) in [6.07, 6.45) is 0.674. The first-order valence-electron chi connectivity index (χ1n) is 13.0. The topological polar surface area (TPSA) is 101 Å². The summed E-state index contributed by atoms with van der Waals surface area (Å²) < 4.78 is 11.5. The Morgan fingerprint density at radius 2 is 1.71 bits per heavy atom. The number of fused-ring (bicyclic) bond motifs is 2. The van der Waals surface area contributed by atoms with E-state index in [1.807, 2.05) is 61.5 Å². The highest BCUT2D eigenvalue weighted by Crippen LogP contribution is 2.42. The molecule has 206 valence electrons. The normalized spacial score (nSPS) is 12.2. The van der Waals surface area contributed by atoms with Gasteiger partial charge in [-0.2, -0.15) is 0 Å². The molecular weight excluding hydrogens is 518 g/mol. The van der Waals surface area contributed by atoms with Gasteiger partial charge in [-0.25, -0.2) is 4.79 Å². The molecule has 0 spiro atoms. The molecule has 8 nitrogen and oxygen atoms in total. The molecule has 5 rings (SSSR count). The van der Waals surface area contributed by atoms with E-state index in [9.17, 15) is 14.4 Å². The largest absolute Gasteiger partial charge is 0.465 e. The van der Waals surface area contributed by atoms with Crippen molar-refractivity contribution in [2.24, 2.45) is 4.99 Å². The maximum Gasteiger partial charge on any atom is 0.338 e. The number of amides is 1. The SMILES string of the molecule is CN=c1ccc2c(-c3ccc(C(=O)NC(C=O)c4ccccc4)cc3C(=O)OC)c3ccc(N(C)C)cc3oc-2c1. The van der Waals surface area contributed by atoms with E-state index < -0.39 is 17.9 Å². The van der Waals surface area contributed by atoms with Gasteiger partial charge in [-0.3, -0.25) is 9.79 Å². The summed E-state index contributed by atoms with van der Waals surface area (Å²) in [5, 5.41) is 4.28. The second-order valence-corrected chi connectivity index (χ2v) is 9.71. The Morgan fingerprint density at radius 1 is 0.951 bits per heavy atom. The van der Waals surface area contributed by atoms with E-state index >= 15 is 0 Å². The van der Waals surface area contributed by atoms with E-state index in [0.29, 0.717) is 28.8 Å². The lowest BCUT2D eigenvalue weighted by Gasteiger charge is -2.20. The number of benzene rings is 4. The molecular formula is C33H29N3O5. The molecule has 3 aromatic rings. The number of nitrogens with zero attached hydrogens (tertiary/aromatic N) is 2. The number of carbonyl (C=O) groups is 3. The number of carbonyl (C=O) groups excluding carboxylic acids is 3. The van der Waals surface area contributed by atoms with Crippen LogP contribution in [0.15, 0.2) is 94.3 Å². The Bertz CT molecular complexity index is 1810. The number of methoxy groups -OCH3 is 1. The van der Waals surface area contributed by atoms with E-state index in [0.717, 1.165) is 27.6 Å². The lowest BCUT2D eigenvalue weighted by atomic mass is 9.89. The van der Waals surface area contributed by atoms with Crippen molar-refractivity contribution in [1.29, 1.82) is 0 Å². The van der Waals surface area contributed by atoms with E-state index in [1.165, 1.54) is 13.2 Å². The summed E-state index contributed by atoms with van der Waals surface area (Å²) in [5.74, 6) is -0.497. The number of rotatable bonds is 7. The molecule has 41 heavy (non-hydrogen) atoms. The van der Waals surface area contributed by atoms with Crippen LogP contribution in [0.2, 0.25) is 0 Å². The van der Waals surface area contributed by atoms with Gasteiger partial charge < -0.3 is 24.2 Å². The molecule has 2 aliphatic rings. The Hall–Kier alpha value is -5.24. The van der Waals surface area contributed by atoms with Gasteiger partial charge in [-0.15, -0.1) is 0 Å². The Balaban J connectivity index is 1.69. The van der Waals surface area contributed by atoms with Gasteiger partial charge in [0.2, 0.25) is 0 Å². The first kappa shape index (κ1) is 27.3. The predicted molar refractivity (Wildman–Crippen MR) is 158 cm³/mol. The summed E-state index contributed by atoms with van der Waals surface area (Å²) in [6.45, 7) is 0. The van der Waals surface area contributed by atoms with E-state index in [4.69, 9.17) is 9.15 Å². The molecule has 0 saturated carbocycles. The van der Waals surface area contributed by atoms with Crippen LogP contribution < -0.4 is 15.6 Å². The smallest absolute Gasteiger partial charge is 0.338 e. The maximum absolute atomic E-state index is 13.2. The second kappa shape index (κ2) is 11.5. The van der Waals surface area contributed by atoms with E-state index in [2.05, 4.69) is 10.3 Å². The zero-order valence-electron chi connectivity index (χ0n) is 23.2. The average Bonchev–Trinajstić information content (AvgIpc) is 3.01. The standard InChI is InChI=1S/C33H29N3O5/c1-34-22-11-14-25-29(17-22)41-30-18-23(36(2)3)12-15-26(30)31(25)24-13-10-21(16-27(24)33(39)40-4)32(38)35-28(19-37)20-8-6-5-7-9-20/h5-19,28H,1-4H3,(H,35,38). The summed E-state index contributed by atoms with van der Waals surface area (Å²) in [5.41, 5.74) is 4.76. The minimum absolute atomic E-state index is 0.206. The lowest BCUT2D eigenvalue weighted by molar-refractivity contribution is -0.109. The van der Waals surface area contributed by atoms with Crippen molar-refractivity contribution >= 4 is 34.8 Å². The Morgan fingerprint density at radius 3 is 2.39 bits per heavy atom. The molecule has 3 aromatic carbocycles. The number of hydrogen-bond donors (Lipinski definition) is 1. The van der Waals surface area contributed by atoms with Crippen molar-refractivity contribution in [3.63, 3.8) is 0 Å². The van der Waals surface area contributed by atoms with Gasteiger partial charge >= 0.3 is 5.97 Å². The molecule has 1 unspecified atom stereocenters. The van der Waals surface area contributed by atoms with Gasteiger partial charge in [0, 0.05) is 61.0 Å². The first-order valence-corrected chi connectivity index (χ1v) is 13.0. The lowest BCUT2D eigenvalue weighted by Crippen LogP contribution is -2.29. The highest BCUT2D eigenvalue weighted by Gasteiger charge is 2.24. The molecule has 1 aliphatic carbocycles. The van der Waals surface area contributed by atoms with Crippen molar-refractivity contribution in [3.05, 3.63) is 107 Å². The summed E-state index contributed by atoms with van der Waals surface area (Å²) >= 11 is 0. The van der Waals surface area contributed by atoms with Gasteiger partial charge in [0.15, 0.2) is 0 Å². The average molecular weight is 548 g/mol. The molecule has 0 bridgehead atoms. The maximum atomic E-state index is 13.2. The van der Waals surface area contributed by atoms with Crippen LogP contribution in [-0.2, 0) is 9.53 Å². The summed E-state index contributed by atoms with van der Waals surface area (Å²) in [4.78, 5) is 44.4. The Kier molecular flexibility index (Phi) is 7.65. The summed E-state index contributed by atoms with van der Waals surface area (Å²) in [6, 6.07) is 24.5. The fourth-order valence-electron chi connectivity index (χ4n) is 4.84. The number of hydrogen-bond acceptors (Lipinski definition) is 7. The molecule has 0 aromatic heterocycles. The molecule has 1 amide bonds. The van der Waals surface area contributed by atoms with Crippen LogP contribution in [0.1, 0.15) is 32.3 Å². The van der Waals surface area contributed by atoms with Crippen molar-refractivity contribution < 1.29 is 23.5 Å². The molecule has 0 fully saturated rings. The number of aldehydes is 1. The van der Waals surface area contributed by atoms with Crippen LogP contribution in [0, 0.1) is 0 Å². The highest BCUT2D eigenvalue weighted by molar-refractivity contribution is 6.09. The van der Waals surface area contributed by atoms with Gasteiger partial charge in [0.25, 0.3) is 5.91 Å². The second-order valence-electron chi connectivity index (χ2n) is 9.71. The Labute approximate surface area is 237 Å². The predicted octanol–water partition coefficient (Wildman–Crippen LogP) is 5.26. The molecule has 1 heterocycles. The minimum Gasteiger partial charge on any atom is -0.465 e. The van der Waals surface area contributed by atoms with Crippen LogP contribution in [-0.4, -0.2) is 46.4 Å². The number of nitrogens with one attached hydrogen (secondary N) is 1. The quantitative estimate of drug-likeness (QED) is 0.170. The highest BCUT2D eigenvalue weighted by atomic mass is 16.5. The van der Waals surface area contributed by atoms with Crippen LogP contribution in [0.4, 0.5) is 5.69 Å². The van der Waals surface area contributed by atoms with Crippen LogP contribution in [0.5, 0.6) is 0 Å². The third-order valence-electron chi connectivity index (χ3n) is 7.00. The number of anilines is 1. The van der Waals surface area contributed by atoms with E-state index in [1.54, 1.807) is 43.4 Å². The van der Waals surface area contributed by atoms with Crippen molar-refractivity contribution in [2.45, 2.75) is 6.04 Å². The molecule has 1 atom stereocenters. The first-order chi connectivity index (χ1) is 19.8. The van der Waals surface area contributed by atoms with Crippen molar-refractivity contribution in [1.82, 2.24) is 5.32 Å². The van der Waals surface area contributed by atoms with Crippen LogP contribution in [0.25, 0.3) is 33.4 Å². The molecule has 8 heteroatoms. The molecule has 1 N–H and O–H groups in total. The molecule has 1 aliphatic heterocycles. The third-order valence-corrected chi connectivity index (χ3v) is 7.00. The fourth-order valence-corrected chi connectivity index (χ4v) is 4.84. The zero-order chi connectivity index (χ0) is 29.1. The third kappa shape index (κ3) is 5.32. The monoisotopic (exact) mass is 547 g/mol. The fraction of sp³-hybridized carbons (Fsp3) is 0.152. The van der Waals surface area contributed by atoms with Gasteiger partial charge in [-0.1, -0.05) is 36.4 Å². The minimum atomic E-state index is -0.836. The molecule has 0 radical (unpaired) electrons. The van der Waals surface area contributed by atoms with E-state index in [-0.39, 0.29) is 11.1 Å². The van der Waals surface area contributed by atoms with Crippen LogP contribution in [0.3, 0.4) is 0 Å². The van der Waals surface area contributed by atoms with Crippen molar-refractivity contribution in [2.75, 3.05) is 33.2 Å². The van der Waals surface area contributed by atoms with Crippen LogP contribution >= 0.6 is 0 Å². The van der Waals surface area contributed by atoms with Gasteiger partial charge in [-0.05, 0) is 47.5 Å². The number of esters is 1. The van der Waals surface area contributed by atoms with Gasteiger partial charge in [0.05, 0.1) is 18.0 Å². The van der Waals surface area contributed by atoms with Crippen molar-refractivity contribution in [3.8, 4) is 22.5 Å². The molecule has 0 saturated heterocycles. The number of ether oxygens (including phenoxy) is 1. The zero-order valence-corrected chi connectivity index (χ0v) is 23.2. The van der Waals surface area contributed by atoms with Gasteiger partial charge in [0.1, 0.15) is 23.7 Å². The summed E-state index contributed by atoms with van der Waals surface area (Å²) in [7, 11) is 6.90.